The van der Waals surface area contributed by atoms with Crippen molar-refractivity contribution in [2.75, 3.05) is 0 Å². The zero-order valence-corrected chi connectivity index (χ0v) is 13.2. The summed E-state index contributed by atoms with van der Waals surface area (Å²) in [5.74, 6) is 0. The SMILES string of the molecule is Cc1ccc(S/C=C/c2ccc(C=N)c3ccccc23)cc1. The van der Waals surface area contributed by atoms with Crippen molar-refractivity contribution in [3.05, 3.63) is 82.8 Å². The van der Waals surface area contributed by atoms with Gasteiger partial charge in [-0.1, -0.05) is 65.9 Å². The summed E-state index contributed by atoms with van der Waals surface area (Å²) in [4.78, 5) is 1.24. The van der Waals surface area contributed by atoms with Gasteiger partial charge in [-0.2, -0.15) is 0 Å². The monoisotopic (exact) mass is 303 g/mol. The number of hydrogen-bond donors (Lipinski definition) is 1. The molecule has 0 radical (unpaired) electrons. The Morgan fingerprint density at radius 2 is 1.45 bits per heavy atom. The largest absolute Gasteiger partial charge is 0.308 e. The fraction of sp³-hybridized carbons (Fsp3) is 0.0500. The zero-order chi connectivity index (χ0) is 15.4. The lowest BCUT2D eigenvalue weighted by Gasteiger charge is -2.05. The molecule has 1 nitrogen and oxygen atoms in total. The summed E-state index contributed by atoms with van der Waals surface area (Å²) in [5.41, 5.74) is 3.42. The van der Waals surface area contributed by atoms with Crippen LogP contribution in [0.4, 0.5) is 0 Å². The van der Waals surface area contributed by atoms with E-state index in [-0.39, 0.29) is 0 Å². The summed E-state index contributed by atoms with van der Waals surface area (Å²) in [5, 5.41) is 11.9. The molecule has 1 N–H and O–H groups in total. The molecule has 0 unspecified atom stereocenters. The molecule has 0 fully saturated rings. The quantitative estimate of drug-likeness (QED) is 0.470. The Kier molecular flexibility index (Phi) is 4.40. The van der Waals surface area contributed by atoms with E-state index < -0.39 is 0 Å². The summed E-state index contributed by atoms with van der Waals surface area (Å²) in [6.07, 6.45) is 3.55. The normalized spacial score (nSPS) is 11.1. The summed E-state index contributed by atoms with van der Waals surface area (Å²) < 4.78 is 0. The van der Waals surface area contributed by atoms with E-state index in [4.69, 9.17) is 5.41 Å². The van der Waals surface area contributed by atoms with E-state index in [2.05, 4.69) is 60.9 Å². The maximum absolute atomic E-state index is 7.52. The second kappa shape index (κ2) is 6.63. The topological polar surface area (TPSA) is 23.9 Å². The van der Waals surface area contributed by atoms with E-state index in [0.29, 0.717) is 0 Å². The molecule has 3 aromatic carbocycles. The molecule has 0 aromatic heterocycles. The third-order valence-corrected chi connectivity index (χ3v) is 4.44. The van der Waals surface area contributed by atoms with Crippen LogP contribution in [0.5, 0.6) is 0 Å². The number of thioether (sulfide) groups is 1. The highest BCUT2D eigenvalue weighted by Gasteiger charge is 2.01. The molecule has 108 valence electrons. The molecule has 0 aliphatic heterocycles. The van der Waals surface area contributed by atoms with E-state index in [1.54, 1.807) is 11.8 Å². The van der Waals surface area contributed by atoms with E-state index in [0.717, 1.165) is 10.9 Å². The first-order chi connectivity index (χ1) is 10.8. The molecule has 0 aliphatic rings. The Hall–Kier alpha value is -2.32. The highest BCUT2D eigenvalue weighted by atomic mass is 32.2. The van der Waals surface area contributed by atoms with Crippen LogP contribution in [0.3, 0.4) is 0 Å². The van der Waals surface area contributed by atoms with E-state index >= 15 is 0 Å². The molecule has 2 heteroatoms. The second-order valence-electron chi connectivity index (χ2n) is 5.17. The Bertz CT molecular complexity index is 832. The molecule has 3 rings (SSSR count). The van der Waals surface area contributed by atoms with Crippen LogP contribution in [-0.2, 0) is 0 Å². The van der Waals surface area contributed by atoms with E-state index in [9.17, 15) is 0 Å². The molecule has 22 heavy (non-hydrogen) atoms. The average Bonchev–Trinajstić information content (AvgIpc) is 2.57. The fourth-order valence-corrected chi connectivity index (χ4v) is 3.08. The van der Waals surface area contributed by atoms with Crippen molar-refractivity contribution >= 4 is 34.8 Å². The Morgan fingerprint density at radius 1 is 0.818 bits per heavy atom. The van der Waals surface area contributed by atoms with Gasteiger partial charge in [0.1, 0.15) is 0 Å². The minimum Gasteiger partial charge on any atom is -0.308 e. The van der Waals surface area contributed by atoms with Crippen LogP contribution >= 0.6 is 11.8 Å². The van der Waals surface area contributed by atoms with E-state index in [1.165, 1.54) is 27.6 Å². The van der Waals surface area contributed by atoms with Crippen molar-refractivity contribution in [2.24, 2.45) is 0 Å². The van der Waals surface area contributed by atoms with Crippen molar-refractivity contribution in [1.82, 2.24) is 0 Å². The first-order valence-electron chi connectivity index (χ1n) is 7.20. The van der Waals surface area contributed by atoms with Gasteiger partial charge in [0.15, 0.2) is 0 Å². The van der Waals surface area contributed by atoms with Crippen molar-refractivity contribution < 1.29 is 0 Å². The number of rotatable bonds is 4. The van der Waals surface area contributed by atoms with Gasteiger partial charge < -0.3 is 5.41 Å². The molecule has 3 aromatic rings. The van der Waals surface area contributed by atoms with Gasteiger partial charge in [-0.3, -0.25) is 0 Å². The first kappa shape index (κ1) is 14.6. The highest BCUT2D eigenvalue weighted by molar-refractivity contribution is 8.02. The zero-order valence-electron chi connectivity index (χ0n) is 12.4. The van der Waals surface area contributed by atoms with Crippen LogP contribution in [-0.4, -0.2) is 6.21 Å². The minimum absolute atomic E-state index is 0.957. The van der Waals surface area contributed by atoms with Crippen LogP contribution in [0.25, 0.3) is 16.8 Å². The molecule has 0 amide bonds. The first-order valence-corrected chi connectivity index (χ1v) is 8.08. The smallest absolute Gasteiger partial charge is 0.0256 e. The Balaban J connectivity index is 1.89. The molecule has 0 spiro atoms. The van der Waals surface area contributed by atoms with E-state index in [1.807, 2.05) is 18.2 Å². The lowest BCUT2D eigenvalue weighted by atomic mass is 10.0. The summed E-state index contributed by atoms with van der Waals surface area (Å²) in [7, 11) is 0. The number of hydrogen-bond acceptors (Lipinski definition) is 2. The lowest BCUT2D eigenvalue weighted by molar-refractivity contribution is 1.38. The van der Waals surface area contributed by atoms with Crippen molar-refractivity contribution in [3.8, 4) is 0 Å². The van der Waals surface area contributed by atoms with Gasteiger partial charge in [-0.05, 0) is 52.4 Å². The Labute approximate surface area is 135 Å². The molecule has 0 atom stereocenters. The molecule has 0 bridgehead atoms. The summed E-state index contributed by atoms with van der Waals surface area (Å²) >= 11 is 1.72. The van der Waals surface area contributed by atoms with Crippen LogP contribution < -0.4 is 0 Å². The number of fused-ring (bicyclic) bond motifs is 1. The summed E-state index contributed by atoms with van der Waals surface area (Å²) in [6.45, 7) is 2.10. The van der Waals surface area contributed by atoms with Crippen LogP contribution in [0.1, 0.15) is 16.7 Å². The van der Waals surface area contributed by atoms with Crippen LogP contribution in [0, 0.1) is 12.3 Å². The lowest BCUT2D eigenvalue weighted by Crippen LogP contribution is -1.85. The highest BCUT2D eigenvalue weighted by Crippen LogP contribution is 2.25. The number of aryl methyl sites for hydroxylation is 1. The molecule has 0 saturated carbocycles. The minimum atomic E-state index is 0.957. The van der Waals surface area contributed by atoms with Crippen molar-refractivity contribution in [3.63, 3.8) is 0 Å². The van der Waals surface area contributed by atoms with Crippen LogP contribution in [0.15, 0.2) is 71.0 Å². The van der Waals surface area contributed by atoms with Gasteiger partial charge in [0.25, 0.3) is 0 Å². The molecule has 0 saturated heterocycles. The predicted octanol–water partition coefficient (Wildman–Crippen LogP) is 5.91. The maximum atomic E-state index is 7.52. The van der Waals surface area contributed by atoms with Crippen molar-refractivity contribution in [2.45, 2.75) is 11.8 Å². The maximum Gasteiger partial charge on any atom is 0.0256 e. The average molecular weight is 303 g/mol. The van der Waals surface area contributed by atoms with Gasteiger partial charge in [-0.25, -0.2) is 0 Å². The van der Waals surface area contributed by atoms with Gasteiger partial charge in [0, 0.05) is 11.1 Å². The van der Waals surface area contributed by atoms with Gasteiger partial charge in [-0.15, -0.1) is 0 Å². The van der Waals surface area contributed by atoms with Crippen molar-refractivity contribution in [1.29, 1.82) is 5.41 Å². The molecular formula is C20H17NS. The summed E-state index contributed by atoms with van der Waals surface area (Å²) in [6, 6.07) is 20.9. The number of nitrogens with one attached hydrogen (secondary N) is 1. The number of benzene rings is 3. The molecule has 0 heterocycles. The predicted molar refractivity (Wildman–Crippen MR) is 97.9 cm³/mol. The standard InChI is InChI=1S/C20H17NS/c1-15-6-10-18(11-7-15)22-13-12-16-8-9-17(14-21)20-5-3-2-4-19(16)20/h2-14,21H,1H3/b13-12+,21-14?. The van der Waals surface area contributed by atoms with Gasteiger partial charge in [0.2, 0.25) is 0 Å². The second-order valence-corrected chi connectivity index (χ2v) is 6.15. The fourth-order valence-electron chi connectivity index (χ4n) is 2.42. The molecular weight excluding hydrogens is 286 g/mol. The van der Waals surface area contributed by atoms with Crippen LogP contribution in [0.2, 0.25) is 0 Å². The third-order valence-electron chi connectivity index (χ3n) is 3.62. The molecule has 0 aliphatic carbocycles. The van der Waals surface area contributed by atoms with Gasteiger partial charge in [0.05, 0.1) is 0 Å². The Morgan fingerprint density at radius 3 is 2.14 bits per heavy atom. The third kappa shape index (κ3) is 3.12. The van der Waals surface area contributed by atoms with Gasteiger partial charge >= 0.3 is 0 Å².